The first-order valence-electron chi connectivity index (χ1n) is 9.42. The van der Waals surface area contributed by atoms with E-state index in [1.165, 1.54) is 0 Å². The number of rotatable bonds is 6. The zero-order valence-electron chi connectivity index (χ0n) is 16.6. The van der Waals surface area contributed by atoms with Gasteiger partial charge in [-0.3, -0.25) is 29.4 Å². The van der Waals surface area contributed by atoms with E-state index in [2.05, 4.69) is 39.9 Å². The molecule has 26 heavy (non-hydrogen) atoms. The van der Waals surface area contributed by atoms with E-state index < -0.39 is 17.9 Å². The number of hydrogen-bond acceptors (Lipinski definition) is 4. The maximum atomic E-state index is 12.9. The molecular weight excluding hydrogens is 332 g/mol. The molecule has 1 fully saturated rings. The van der Waals surface area contributed by atoms with E-state index in [0.29, 0.717) is 29.4 Å². The summed E-state index contributed by atoms with van der Waals surface area (Å²) in [5.41, 5.74) is 0.986. The van der Waals surface area contributed by atoms with Gasteiger partial charge in [-0.1, -0.05) is 34.6 Å². The highest BCUT2D eigenvalue weighted by molar-refractivity contribution is 6.21. The fourth-order valence-electron chi connectivity index (χ4n) is 3.85. The van der Waals surface area contributed by atoms with Crippen molar-refractivity contribution < 1.29 is 19.2 Å². The van der Waals surface area contributed by atoms with Crippen LogP contribution in [0.5, 0.6) is 0 Å². The maximum Gasteiger partial charge on any atom is 0.257 e. The maximum absolute atomic E-state index is 12.9. The van der Waals surface area contributed by atoms with Gasteiger partial charge < -0.3 is 0 Å². The van der Waals surface area contributed by atoms with Crippen molar-refractivity contribution in [1.82, 2.24) is 10.2 Å². The molecule has 1 atom stereocenters. The van der Waals surface area contributed by atoms with Crippen LogP contribution in [0, 0.1) is 17.3 Å². The molecule has 2 heterocycles. The number of piperidine rings is 1. The van der Waals surface area contributed by atoms with E-state index >= 15 is 0 Å². The molecule has 2 aliphatic heterocycles. The number of imide groups is 2. The molecule has 0 radical (unpaired) electrons. The van der Waals surface area contributed by atoms with Gasteiger partial charge in [0.15, 0.2) is 0 Å². The smallest absolute Gasteiger partial charge is 0.257 e. The first-order valence-corrected chi connectivity index (χ1v) is 9.42. The van der Waals surface area contributed by atoms with Crippen molar-refractivity contribution in [2.24, 2.45) is 17.3 Å². The summed E-state index contributed by atoms with van der Waals surface area (Å²) in [5, 5.41) is 2.22. The van der Waals surface area contributed by atoms with E-state index in [-0.39, 0.29) is 30.1 Å². The number of carbonyl (C=O) groups is 4. The molecule has 1 saturated heterocycles. The first-order chi connectivity index (χ1) is 12.0. The Balaban J connectivity index is 2.18. The highest BCUT2D eigenvalue weighted by Gasteiger charge is 2.45. The molecule has 2 aliphatic rings. The highest BCUT2D eigenvalue weighted by atomic mass is 16.2. The minimum atomic E-state index is -0.887. The molecule has 0 aromatic carbocycles. The number of nitrogens with one attached hydrogen (secondary N) is 1. The lowest BCUT2D eigenvalue weighted by atomic mass is 9.67. The van der Waals surface area contributed by atoms with Gasteiger partial charge in [-0.25, -0.2) is 0 Å². The monoisotopic (exact) mass is 362 g/mol. The van der Waals surface area contributed by atoms with Crippen molar-refractivity contribution in [1.29, 1.82) is 0 Å². The summed E-state index contributed by atoms with van der Waals surface area (Å²) in [6.45, 7) is 12.6. The van der Waals surface area contributed by atoms with E-state index in [4.69, 9.17) is 0 Å². The summed E-state index contributed by atoms with van der Waals surface area (Å²) in [5.74, 6) is -0.818. The average Bonchev–Trinajstić information content (AvgIpc) is 2.75. The van der Waals surface area contributed by atoms with E-state index in [1.807, 2.05) is 0 Å². The van der Waals surface area contributed by atoms with Crippen LogP contribution in [-0.4, -0.2) is 34.6 Å². The predicted molar refractivity (Wildman–Crippen MR) is 97.7 cm³/mol. The fourth-order valence-corrected chi connectivity index (χ4v) is 3.85. The predicted octanol–water partition coefficient (Wildman–Crippen LogP) is 2.58. The van der Waals surface area contributed by atoms with E-state index in [0.717, 1.165) is 11.3 Å². The lowest BCUT2D eigenvalue weighted by molar-refractivity contribution is -0.150. The van der Waals surface area contributed by atoms with Crippen molar-refractivity contribution in [3.63, 3.8) is 0 Å². The molecule has 6 nitrogen and oxygen atoms in total. The Labute approximate surface area is 155 Å². The Morgan fingerprint density at radius 3 is 2.15 bits per heavy atom. The molecule has 0 aromatic rings. The SMILES string of the molecule is CC1=C(CCC(C)(C(C)C)C(C)C)C(=O)N(C2CCC(=O)NC2=O)C1=O. The van der Waals surface area contributed by atoms with Crippen LogP contribution in [0.4, 0.5) is 0 Å². The molecule has 144 valence electrons. The second-order valence-corrected chi connectivity index (χ2v) is 8.37. The van der Waals surface area contributed by atoms with Crippen molar-refractivity contribution >= 4 is 23.6 Å². The topological polar surface area (TPSA) is 83.6 Å². The van der Waals surface area contributed by atoms with Crippen LogP contribution in [-0.2, 0) is 19.2 Å². The second-order valence-electron chi connectivity index (χ2n) is 8.37. The average molecular weight is 362 g/mol. The van der Waals surface area contributed by atoms with Crippen LogP contribution in [0.25, 0.3) is 0 Å². The minimum absolute atomic E-state index is 0.0542. The molecule has 0 bridgehead atoms. The van der Waals surface area contributed by atoms with Crippen LogP contribution in [0.3, 0.4) is 0 Å². The molecule has 1 unspecified atom stereocenters. The van der Waals surface area contributed by atoms with Gasteiger partial charge in [-0.05, 0) is 43.4 Å². The number of hydrogen-bond donors (Lipinski definition) is 1. The van der Waals surface area contributed by atoms with Crippen molar-refractivity contribution in [2.45, 2.75) is 73.3 Å². The number of carbonyl (C=O) groups excluding carboxylic acids is 4. The number of amides is 4. The summed E-state index contributed by atoms with van der Waals surface area (Å²) in [4.78, 5) is 50.0. The second kappa shape index (κ2) is 7.33. The third-order valence-electron chi connectivity index (χ3n) is 6.54. The normalized spacial score (nSPS) is 22.2. The van der Waals surface area contributed by atoms with Gasteiger partial charge in [-0.2, -0.15) is 0 Å². The summed E-state index contributed by atoms with van der Waals surface area (Å²) < 4.78 is 0. The standard InChI is InChI=1S/C20H30N2O4/c1-11(2)20(6,12(3)4)10-9-14-13(5)18(25)22(19(14)26)15-7-8-16(23)21-17(15)24/h11-12,15H,7-10H2,1-6H3,(H,21,23,24). The third kappa shape index (κ3) is 3.46. The minimum Gasteiger partial charge on any atom is -0.295 e. The quantitative estimate of drug-likeness (QED) is 0.736. The van der Waals surface area contributed by atoms with Crippen LogP contribution < -0.4 is 5.32 Å². The molecule has 0 aromatic heterocycles. The Bertz CT molecular complexity index is 667. The van der Waals surface area contributed by atoms with Crippen LogP contribution in [0.2, 0.25) is 0 Å². The number of nitrogens with zero attached hydrogens (tertiary/aromatic N) is 1. The molecule has 2 rings (SSSR count). The third-order valence-corrected chi connectivity index (χ3v) is 6.54. The summed E-state index contributed by atoms with van der Waals surface area (Å²) in [7, 11) is 0. The molecule has 4 amide bonds. The van der Waals surface area contributed by atoms with E-state index in [9.17, 15) is 19.2 Å². The largest absolute Gasteiger partial charge is 0.295 e. The van der Waals surface area contributed by atoms with Gasteiger partial charge in [0.25, 0.3) is 11.8 Å². The zero-order chi connectivity index (χ0) is 19.8. The van der Waals surface area contributed by atoms with E-state index in [1.54, 1.807) is 6.92 Å². The Hall–Kier alpha value is -1.98. The first kappa shape index (κ1) is 20.3. The molecule has 0 aliphatic carbocycles. The van der Waals surface area contributed by atoms with Gasteiger partial charge in [0.1, 0.15) is 6.04 Å². The molecule has 0 saturated carbocycles. The molecular formula is C20H30N2O4. The van der Waals surface area contributed by atoms with Crippen molar-refractivity contribution in [2.75, 3.05) is 0 Å². The van der Waals surface area contributed by atoms with Crippen LogP contribution >= 0.6 is 0 Å². The Kier molecular flexibility index (Phi) is 5.73. The Morgan fingerprint density at radius 1 is 1.08 bits per heavy atom. The van der Waals surface area contributed by atoms with Crippen molar-refractivity contribution in [3.8, 4) is 0 Å². The Morgan fingerprint density at radius 2 is 1.65 bits per heavy atom. The van der Waals surface area contributed by atoms with Gasteiger partial charge in [0.2, 0.25) is 11.8 Å². The van der Waals surface area contributed by atoms with Crippen LogP contribution in [0.1, 0.15) is 67.2 Å². The lowest BCUT2D eigenvalue weighted by Gasteiger charge is -2.38. The fraction of sp³-hybridized carbons (Fsp3) is 0.700. The van der Waals surface area contributed by atoms with Crippen molar-refractivity contribution in [3.05, 3.63) is 11.1 Å². The van der Waals surface area contributed by atoms with Gasteiger partial charge >= 0.3 is 0 Å². The summed E-state index contributed by atoms with van der Waals surface area (Å²) >= 11 is 0. The summed E-state index contributed by atoms with van der Waals surface area (Å²) in [6.07, 6.45) is 1.66. The van der Waals surface area contributed by atoms with Gasteiger partial charge in [-0.15, -0.1) is 0 Å². The van der Waals surface area contributed by atoms with Crippen LogP contribution in [0.15, 0.2) is 11.1 Å². The van der Waals surface area contributed by atoms with Gasteiger partial charge in [0.05, 0.1) is 0 Å². The van der Waals surface area contributed by atoms with Gasteiger partial charge in [0, 0.05) is 17.6 Å². The zero-order valence-corrected chi connectivity index (χ0v) is 16.6. The highest BCUT2D eigenvalue weighted by Crippen LogP contribution is 2.42. The summed E-state index contributed by atoms with van der Waals surface area (Å²) in [6, 6.07) is -0.887. The molecule has 6 heteroatoms. The lowest BCUT2D eigenvalue weighted by Crippen LogP contribution is -2.54. The molecule has 1 N–H and O–H groups in total. The molecule has 0 spiro atoms.